The first-order chi connectivity index (χ1) is 8.31. The molecule has 0 aliphatic rings. The number of ether oxygens (including phenoxy) is 1. The van der Waals surface area contributed by atoms with Gasteiger partial charge < -0.3 is 9.84 Å². The van der Waals surface area contributed by atoms with Crippen LogP contribution in [0.25, 0.3) is 5.57 Å². The predicted molar refractivity (Wildman–Crippen MR) is 72.7 cm³/mol. The number of carboxylic acids is 1. The van der Waals surface area contributed by atoms with Crippen LogP contribution in [0.4, 0.5) is 0 Å². The van der Waals surface area contributed by atoms with Crippen molar-refractivity contribution in [1.82, 2.24) is 0 Å². The average Bonchev–Trinajstić information content (AvgIpc) is 2.26. The third-order valence-corrected chi connectivity index (χ3v) is 2.46. The van der Waals surface area contributed by atoms with Crippen molar-refractivity contribution < 1.29 is 14.6 Å². The molecule has 0 aliphatic carbocycles. The first-order valence-electron chi connectivity index (χ1n) is 5.90. The first kappa shape index (κ1) is 14.3. The highest BCUT2D eigenvalue weighted by Gasteiger charge is 2.16. The second-order valence-electron chi connectivity index (χ2n) is 5.48. The van der Waals surface area contributed by atoms with Crippen LogP contribution in [0.5, 0.6) is 5.75 Å². The van der Waals surface area contributed by atoms with Gasteiger partial charge in [0, 0.05) is 6.08 Å². The van der Waals surface area contributed by atoms with Gasteiger partial charge in [-0.15, -0.1) is 0 Å². The molecule has 0 atom stereocenters. The zero-order chi connectivity index (χ0) is 13.8. The number of rotatable bonds is 4. The average molecular weight is 248 g/mol. The molecule has 3 nitrogen and oxygen atoms in total. The molecule has 1 rings (SSSR count). The Morgan fingerprint density at radius 3 is 2.56 bits per heavy atom. The van der Waals surface area contributed by atoms with Gasteiger partial charge in [0.05, 0.1) is 7.11 Å². The van der Waals surface area contributed by atoms with Crippen LogP contribution in [0, 0.1) is 5.41 Å². The summed E-state index contributed by atoms with van der Waals surface area (Å²) in [4.78, 5) is 10.9. The molecule has 1 aromatic rings. The van der Waals surface area contributed by atoms with Gasteiger partial charge in [-0.2, -0.15) is 0 Å². The van der Waals surface area contributed by atoms with Crippen molar-refractivity contribution in [2.75, 3.05) is 7.11 Å². The maximum Gasteiger partial charge on any atom is 0.328 e. The largest absolute Gasteiger partial charge is 0.497 e. The van der Waals surface area contributed by atoms with E-state index in [-0.39, 0.29) is 5.41 Å². The van der Waals surface area contributed by atoms with E-state index >= 15 is 0 Å². The fraction of sp³-hybridized carbons (Fsp3) is 0.400. The van der Waals surface area contributed by atoms with Gasteiger partial charge in [-0.25, -0.2) is 4.79 Å². The topological polar surface area (TPSA) is 46.5 Å². The van der Waals surface area contributed by atoms with Gasteiger partial charge in [0.25, 0.3) is 0 Å². The highest BCUT2D eigenvalue weighted by Crippen LogP contribution is 2.31. The number of hydrogen-bond donors (Lipinski definition) is 1. The summed E-state index contributed by atoms with van der Waals surface area (Å²) in [5.74, 6) is -0.185. The van der Waals surface area contributed by atoms with Gasteiger partial charge in [-0.1, -0.05) is 32.9 Å². The fourth-order valence-electron chi connectivity index (χ4n) is 1.78. The summed E-state index contributed by atoms with van der Waals surface area (Å²) in [6, 6.07) is 7.48. The van der Waals surface area contributed by atoms with Gasteiger partial charge in [0.1, 0.15) is 5.75 Å². The molecule has 0 amide bonds. The van der Waals surface area contributed by atoms with E-state index in [4.69, 9.17) is 9.84 Å². The summed E-state index contributed by atoms with van der Waals surface area (Å²) in [5.41, 5.74) is 1.74. The highest BCUT2D eigenvalue weighted by atomic mass is 16.5. The summed E-state index contributed by atoms with van der Waals surface area (Å²) in [6.07, 6.45) is 1.98. The van der Waals surface area contributed by atoms with Crippen LogP contribution in [0.2, 0.25) is 0 Å². The molecule has 0 aliphatic heterocycles. The molecule has 98 valence electrons. The van der Waals surface area contributed by atoms with Crippen LogP contribution >= 0.6 is 0 Å². The monoisotopic (exact) mass is 248 g/mol. The van der Waals surface area contributed by atoms with Gasteiger partial charge in [0.2, 0.25) is 0 Å². The van der Waals surface area contributed by atoms with E-state index in [9.17, 15) is 4.79 Å². The number of hydrogen-bond acceptors (Lipinski definition) is 2. The normalized spacial score (nSPS) is 12.3. The van der Waals surface area contributed by atoms with E-state index in [2.05, 4.69) is 20.8 Å². The third-order valence-electron chi connectivity index (χ3n) is 2.46. The molecular formula is C15H20O3. The molecule has 1 N–H and O–H groups in total. The molecule has 0 bridgehead atoms. The Bertz CT molecular complexity index is 453. The molecule has 1 aromatic carbocycles. The number of methoxy groups -OCH3 is 1. The van der Waals surface area contributed by atoms with E-state index in [1.807, 2.05) is 24.3 Å². The van der Waals surface area contributed by atoms with E-state index in [0.29, 0.717) is 6.42 Å². The summed E-state index contributed by atoms with van der Waals surface area (Å²) < 4.78 is 5.17. The zero-order valence-electron chi connectivity index (χ0n) is 11.4. The molecule has 0 spiro atoms. The lowest BCUT2D eigenvalue weighted by molar-refractivity contribution is -0.131. The molecule has 0 saturated heterocycles. The van der Waals surface area contributed by atoms with Crippen molar-refractivity contribution in [3.05, 3.63) is 35.9 Å². The Hall–Kier alpha value is -1.77. The maximum absolute atomic E-state index is 10.9. The number of carboxylic acid groups (broad SMARTS) is 1. The van der Waals surface area contributed by atoms with E-state index < -0.39 is 5.97 Å². The number of benzene rings is 1. The van der Waals surface area contributed by atoms with Crippen LogP contribution in [0.1, 0.15) is 32.8 Å². The quantitative estimate of drug-likeness (QED) is 0.828. The Balaban J connectivity index is 3.13. The lowest BCUT2D eigenvalue weighted by Crippen LogP contribution is -2.07. The third kappa shape index (κ3) is 4.62. The lowest BCUT2D eigenvalue weighted by Gasteiger charge is -2.20. The number of carbonyl (C=O) groups is 1. The van der Waals surface area contributed by atoms with Gasteiger partial charge in [-0.3, -0.25) is 0 Å². The Kier molecular flexibility index (Phi) is 4.54. The van der Waals surface area contributed by atoms with Crippen LogP contribution in [0.15, 0.2) is 30.3 Å². The van der Waals surface area contributed by atoms with Crippen molar-refractivity contribution in [2.24, 2.45) is 5.41 Å². The first-order valence-corrected chi connectivity index (χ1v) is 5.90. The van der Waals surface area contributed by atoms with Gasteiger partial charge in [-0.05, 0) is 35.1 Å². The molecule has 0 heterocycles. The Labute approximate surface area is 108 Å². The van der Waals surface area contributed by atoms with Crippen LogP contribution in [-0.2, 0) is 4.79 Å². The maximum atomic E-state index is 10.9. The predicted octanol–water partition coefficient (Wildman–Crippen LogP) is 3.60. The van der Waals surface area contributed by atoms with Crippen molar-refractivity contribution in [3.8, 4) is 5.75 Å². The summed E-state index contributed by atoms with van der Waals surface area (Å²) in [5, 5.41) is 8.96. The van der Waals surface area contributed by atoms with E-state index in [1.54, 1.807) is 7.11 Å². The van der Waals surface area contributed by atoms with Gasteiger partial charge >= 0.3 is 5.97 Å². The van der Waals surface area contributed by atoms with Crippen molar-refractivity contribution in [3.63, 3.8) is 0 Å². The molecular weight excluding hydrogens is 228 g/mol. The lowest BCUT2D eigenvalue weighted by atomic mass is 9.85. The highest BCUT2D eigenvalue weighted by molar-refractivity contribution is 5.90. The second kappa shape index (κ2) is 5.71. The van der Waals surface area contributed by atoms with Crippen molar-refractivity contribution in [1.29, 1.82) is 0 Å². The minimum atomic E-state index is -0.919. The van der Waals surface area contributed by atoms with E-state index in [1.165, 1.54) is 6.08 Å². The second-order valence-corrected chi connectivity index (χ2v) is 5.48. The molecule has 3 heteroatoms. The van der Waals surface area contributed by atoms with E-state index in [0.717, 1.165) is 16.9 Å². The van der Waals surface area contributed by atoms with Crippen molar-refractivity contribution in [2.45, 2.75) is 27.2 Å². The smallest absolute Gasteiger partial charge is 0.328 e. The van der Waals surface area contributed by atoms with Crippen LogP contribution in [0.3, 0.4) is 0 Å². The number of aliphatic carboxylic acids is 1. The number of allylic oxidation sites excluding steroid dienone is 1. The summed E-state index contributed by atoms with van der Waals surface area (Å²) in [6.45, 7) is 6.26. The van der Waals surface area contributed by atoms with Gasteiger partial charge in [0.15, 0.2) is 0 Å². The standard InChI is InChI=1S/C15H20O3/c1-15(2,3)10-12(9-14(16)17)11-6-5-7-13(8-11)18-4/h5-9H,10H2,1-4H3,(H,16,17)/b12-9-. The molecule has 0 unspecified atom stereocenters. The molecule has 0 aromatic heterocycles. The van der Waals surface area contributed by atoms with Crippen LogP contribution in [-0.4, -0.2) is 18.2 Å². The summed E-state index contributed by atoms with van der Waals surface area (Å²) >= 11 is 0. The van der Waals surface area contributed by atoms with Crippen molar-refractivity contribution >= 4 is 11.5 Å². The Morgan fingerprint density at radius 1 is 1.39 bits per heavy atom. The zero-order valence-corrected chi connectivity index (χ0v) is 11.4. The van der Waals surface area contributed by atoms with Crippen LogP contribution < -0.4 is 4.74 Å². The molecule has 0 radical (unpaired) electrons. The molecule has 0 saturated carbocycles. The minimum Gasteiger partial charge on any atom is -0.497 e. The fourth-order valence-corrected chi connectivity index (χ4v) is 1.78. The minimum absolute atomic E-state index is 0.0321. The Morgan fingerprint density at radius 2 is 2.06 bits per heavy atom. The molecule has 0 fully saturated rings. The summed E-state index contributed by atoms with van der Waals surface area (Å²) in [7, 11) is 1.60. The SMILES string of the molecule is COc1cccc(/C(=C\C(=O)O)CC(C)(C)C)c1. The molecule has 18 heavy (non-hydrogen) atoms.